The van der Waals surface area contributed by atoms with E-state index in [0.29, 0.717) is 6.42 Å². The van der Waals surface area contributed by atoms with Crippen LogP contribution in [0.25, 0.3) is 0 Å². The smallest absolute Gasteiger partial charge is 0.306 e. The van der Waals surface area contributed by atoms with E-state index in [1.807, 2.05) is 6.92 Å². The molecule has 1 atom stereocenters. The van der Waals surface area contributed by atoms with E-state index >= 15 is 0 Å². The van der Waals surface area contributed by atoms with Gasteiger partial charge in [0.2, 0.25) is 0 Å². The summed E-state index contributed by atoms with van der Waals surface area (Å²) in [5.41, 5.74) is 0. The molecule has 0 radical (unpaired) electrons. The van der Waals surface area contributed by atoms with E-state index in [1.165, 1.54) is 0 Å². The fourth-order valence-electron chi connectivity index (χ4n) is 0.905. The minimum atomic E-state index is -0.889. The van der Waals surface area contributed by atoms with Gasteiger partial charge in [-0.1, -0.05) is 20.3 Å². The maximum absolute atomic E-state index is 11.1. The summed E-state index contributed by atoms with van der Waals surface area (Å²) in [6.07, 6.45) is 2.54. The van der Waals surface area contributed by atoms with Crippen LogP contribution in [0.3, 0.4) is 0 Å². The van der Waals surface area contributed by atoms with Gasteiger partial charge >= 0.3 is 5.97 Å². The Balaban J connectivity index is 3.61. The molecule has 70 valence electrons. The maximum Gasteiger partial charge on any atom is 0.306 e. The molecule has 0 fully saturated rings. The van der Waals surface area contributed by atoms with Crippen molar-refractivity contribution in [3.8, 4) is 0 Å². The lowest BCUT2D eigenvalue weighted by molar-refractivity contribution is -0.143. The minimum absolute atomic E-state index is 0.0618. The van der Waals surface area contributed by atoms with Crippen molar-refractivity contribution in [3.05, 3.63) is 0 Å². The summed E-state index contributed by atoms with van der Waals surface area (Å²) in [6.45, 7) is 3.57. The molecule has 3 heteroatoms. The van der Waals surface area contributed by atoms with Gasteiger partial charge in [0.25, 0.3) is 0 Å². The van der Waals surface area contributed by atoms with Gasteiger partial charge in [0.1, 0.15) is 5.78 Å². The number of carboxylic acids is 1. The van der Waals surface area contributed by atoms with E-state index in [0.717, 1.165) is 12.8 Å². The summed E-state index contributed by atoms with van der Waals surface area (Å²) in [4.78, 5) is 21.4. The fraction of sp³-hybridized carbons (Fsp3) is 0.778. The van der Waals surface area contributed by atoms with Gasteiger partial charge in [-0.15, -0.1) is 0 Å². The summed E-state index contributed by atoms with van der Waals surface area (Å²) >= 11 is 0. The molecule has 0 saturated carbocycles. The van der Waals surface area contributed by atoms with Gasteiger partial charge in [-0.2, -0.15) is 0 Å². The first kappa shape index (κ1) is 11.1. The number of ketones is 1. The van der Waals surface area contributed by atoms with Crippen molar-refractivity contribution in [3.63, 3.8) is 0 Å². The van der Waals surface area contributed by atoms with Crippen LogP contribution in [0.1, 0.15) is 39.5 Å². The number of unbranched alkanes of at least 4 members (excludes halogenated alkanes) is 1. The molecule has 12 heavy (non-hydrogen) atoms. The second kappa shape index (κ2) is 5.75. The molecule has 0 aliphatic carbocycles. The maximum atomic E-state index is 11.1. The Morgan fingerprint density at radius 3 is 2.42 bits per heavy atom. The zero-order valence-electron chi connectivity index (χ0n) is 7.67. The summed E-state index contributed by atoms with van der Waals surface area (Å²) < 4.78 is 0. The summed E-state index contributed by atoms with van der Waals surface area (Å²) in [7, 11) is 0. The summed E-state index contributed by atoms with van der Waals surface area (Å²) in [5, 5.41) is 8.50. The van der Waals surface area contributed by atoms with E-state index in [4.69, 9.17) is 5.11 Å². The number of carbonyl (C=O) groups is 2. The standard InChI is InChI=1S/C9H16O3/c1-3-4-5-8(10)6-7(2)9(11)12/h7H,3-6H2,1-2H3,(H,11,12)/t7-/m0/s1. The normalized spacial score (nSPS) is 12.5. The topological polar surface area (TPSA) is 54.4 Å². The lowest BCUT2D eigenvalue weighted by Gasteiger charge is -2.03. The largest absolute Gasteiger partial charge is 0.481 e. The van der Waals surface area contributed by atoms with Crippen molar-refractivity contribution in [2.45, 2.75) is 39.5 Å². The Morgan fingerprint density at radius 1 is 1.42 bits per heavy atom. The van der Waals surface area contributed by atoms with Crippen molar-refractivity contribution in [2.75, 3.05) is 0 Å². The molecule has 0 saturated heterocycles. The van der Waals surface area contributed by atoms with Gasteiger partial charge in [-0.25, -0.2) is 0 Å². The fourth-order valence-corrected chi connectivity index (χ4v) is 0.905. The van der Waals surface area contributed by atoms with Crippen molar-refractivity contribution >= 4 is 11.8 Å². The molecule has 0 aromatic carbocycles. The van der Waals surface area contributed by atoms with Gasteiger partial charge < -0.3 is 5.11 Å². The van der Waals surface area contributed by atoms with Gasteiger partial charge in [-0.3, -0.25) is 9.59 Å². The van der Waals surface area contributed by atoms with Gasteiger partial charge in [0, 0.05) is 12.8 Å². The van der Waals surface area contributed by atoms with Crippen LogP contribution < -0.4 is 0 Å². The van der Waals surface area contributed by atoms with Crippen LogP contribution in [0.4, 0.5) is 0 Å². The Kier molecular flexibility index (Phi) is 5.34. The zero-order valence-corrected chi connectivity index (χ0v) is 7.67. The first-order valence-electron chi connectivity index (χ1n) is 4.32. The van der Waals surface area contributed by atoms with Gasteiger partial charge in [-0.05, 0) is 6.42 Å². The molecule has 0 aliphatic heterocycles. The van der Waals surface area contributed by atoms with Crippen LogP contribution in [-0.2, 0) is 9.59 Å². The molecule has 0 heterocycles. The van der Waals surface area contributed by atoms with E-state index in [2.05, 4.69) is 0 Å². The SMILES string of the molecule is CCCCC(=O)C[C@H](C)C(=O)O. The van der Waals surface area contributed by atoms with Crippen LogP contribution in [0, 0.1) is 5.92 Å². The summed E-state index contributed by atoms with van der Waals surface area (Å²) in [5.74, 6) is -1.36. The van der Waals surface area contributed by atoms with Gasteiger partial charge in [0.15, 0.2) is 0 Å². The number of carbonyl (C=O) groups excluding carboxylic acids is 1. The Hall–Kier alpha value is -0.860. The number of aliphatic carboxylic acids is 1. The minimum Gasteiger partial charge on any atom is -0.481 e. The second-order valence-electron chi connectivity index (χ2n) is 3.09. The molecule has 1 N–H and O–H groups in total. The highest BCUT2D eigenvalue weighted by Crippen LogP contribution is 2.06. The molecular formula is C9H16O3. The lowest BCUT2D eigenvalue weighted by Crippen LogP contribution is -2.14. The Labute approximate surface area is 72.8 Å². The molecule has 0 aromatic heterocycles. The van der Waals surface area contributed by atoms with Crippen LogP contribution in [0.5, 0.6) is 0 Å². The number of hydrogen-bond donors (Lipinski definition) is 1. The number of hydrogen-bond acceptors (Lipinski definition) is 2. The second-order valence-corrected chi connectivity index (χ2v) is 3.09. The monoisotopic (exact) mass is 172 g/mol. The lowest BCUT2D eigenvalue weighted by atomic mass is 10.0. The third-order valence-corrected chi connectivity index (χ3v) is 1.76. The summed E-state index contributed by atoms with van der Waals surface area (Å²) in [6, 6.07) is 0. The molecule has 0 aromatic rings. The highest BCUT2D eigenvalue weighted by Gasteiger charge is 2.14. The van der Waals surface area contributed by atoms with Crippen LogP contribution in [0.15, 0.2) is 0 Å². The predicted molar refractivity (Wildman–Crippen MR) is 45.9 cm³/mol. The number of carboxylic acid groups (broad SMARTS) is 1. The van der Waals surface area contributed by atoms with Crippen molar-refractivity contribution in [2.24, 2.45) is 5.92 Å². The zero-order chi connectivity index (χ0) is 9.56. The Morgan fingerprint density at radius 2 is 2.00 bits per heavy atom. The molecule has 3 nitrogen and oxygen atoms in total. The predicted octanol–water partition coefficient (Wildman–Crippen LogP) is 1.86. The van der Waals surface area contributed by atoms with Crippen molar-refractivity contribution < 1.29 is 14.7 Å². The van der Waals surface area contributed by atoms with Gasteiger partial charge in [0.05, 0.1) is 5.92 Å². The number of Topliss-reactive ketones (excluding diaryl/α,β-unsaturated/α-hetero) is 1. The van der Waals surface area contributed by atoms with Crippen LogP contribution in [0.2, 0.25) is 0 Å². The Bertz CT molecular complexity index is 163. The molecule has 0 rings (SSSR count). The quantitative estimate of drug-likeness (QED) is 0.665. The molecular weight excluding hydrogens is 156 g/mol. The third-order valence-electron chi connectivity index (χ3n) is 1.76. The average molecular weight is 172 g/mol. The van der Waals surface area contributed by atoms with E-state index in [-0.39, 0.29) is 12.2 Å². The third kappa shape index (κ3) is 4.88. The van der Waals surface area contributed by atoms with Crippen LogP contribution in [-0.4, -0.2) is 16.9 Å². The van der Waals surface area contributed by atoms with E-state index in [9.17, 15) is 9.59 Å². The number of rotatable bonds is 6. The highest BCUT2D eigenvalue weighted by atomic mass is 16.4. The van der Waals surface area contributed by atoms with E-state index in [1.54, 1.807) is 6.92 Å². The van der Waals surface area contributed by atoms with Crippen LogP contribution >= 0.6 is 0 Å². The molecule has 0 unspecified atom stereocenters. The van der Waals surface area contributed by atoms with Crippen molar-refractivity contribution in [1.82, 2.24) is 0 Å². The molecule has 0 bridgehead atoms. The first-order valence-corrected chi connectivity index (χ1v) is 4.32. The average Bonchev–Trinajstić information content (AvgIpc) is 2.00. The molecule has 0 spiro atoms. The molecule has 0 amide bonds. The van der Waals surface area contributed by atoms with E-state index < -0.39 is 11.9 Å². The highest BCUT2D eigenvalue weighted by molar-refractivity contribution is 5.83. The molecule has 0 aliphatic rings. The van der Waals surface area contributed by atoms with Crippen molar-refractivity contribution in [1.29, 1.82) is 0 Å². The first-order chi connectivity index (χ1) is 5.57.